The Morgan fingerprint density at radius 2 is 2.27 bits per heavy atom. The maximum absolute atomic E-state index is 13.5. The van der Waals surface area contributed by atoms with Crippen molar-refractivity contribution in [3.63, 3.8) is 0 Å². The van der Waals surface area contributed by atoms with Gasteiger partial charge in [-0.1, -0.05) is 29.8 Å². The molecule has 0 aliphatic carbocycles. The van der Waals surface area contributed by atoms with E-state index in [4.69, 9.17) is 4.74 Å². The number of nitrogens with one attached hydrogen (secondary N) is 1. The molecule has 0 amide bonds. The fourth-order valence-corrected chi connectivity index (χ4v) is 2.24. The molecular formula is C11H13BrFNO. The van der Waals surface area contributed by atoms with E-state index in [0.29, 0.717) is 18.4 Å². The van der Waals surface area contributed by atoms with Crippen LogP contribution < -0.4 is 10.1 Å². The van der Waals surface area contributed by atoms with Crippen LogP contribution >= 0.6 is 15.9 Å². The second-order valence-corrected chi connectivity index (χ2v) is 4.91. The SMILES string of the molecule is CC(C)NC1COc2c(F)cc(Br)cc21. The van der Waals surface area contributed by atoms with Crippen LogP contribution in [0.15, 0.2) is 16.6 Å². The molecule has 1 aromatic rings. The zero-order valence-corrected chi connectivity index (χ0v) is 10.3. The highest BCUT2D eigenvalue weighted by Gasteiger charge is 2.27. The van der Waals surface area contributed by atoms with E-state index < -0.39 is 0 Å². The Balaban J connectivity index is 2.33. The second kappa shape index (κ2) is 4.10. The normalized spacial score (nSPS) is 19.1. The Morgan fingerprint density at radius 3 is 2.93 bits per heavy atom. The molecule has 1 aliphatic heterocycles. The van der Waals surface area contributed by atoms with Crippen molar-refractivity contribution in [3.05, 3.63) is 28.0 Å². The summed E-state index contributed by atoms with van der Waals surface area (Å²) in [6, 6.07) is 3.78. The van der Waals surface area contributed by atoms with Crippen molar-refractivity contribution in [1.29, 1.82) is 0 Å². The van der Waals surface area contributed by atoms with Crippen LogP contribution in [-0.4, -0.2) is 12.6 Å². The van der Waals surface area contributed by atoms with Crippen LogP contribution in [0.4, 0.5) is 4.39 Å². The van der Waals surface area contributed by atoms with Gasteiger partial charge in [0.25, 0.3) is 0 Å². The highest BCUT2D eigenvalue weighted by atomic mass is 79.9. The summed E-state index contributed by atoms with van der Waals surface area (Å²) in [5.41, 5.74) is 0.899. The average Bonchev–Trinajstić information content (AvgIpc) is 2.48. The summed E-state index contributed by atoms with van der Waals surface area (Å²) in [6.45, 7) is 4.62. The molecule has 1 N–H and O–H groups in total. The van der Waals surface area contributed by atoms with Gasteiger partial charge in [-0.3, -0.25) is 0 Å². The molecule has 1 unspecified atom stereocenters. The van der Waals surface area contributed by atoms with Crippen molar-refractivity contribution in [3.8, 4) is 5.75 Å². The number of halogens is 2. The monoisotopic (exact) mass is 273 g/mol. The predicted octanol–water partition coefficient (Wildman–Crippen LogP) is 3.02. The molecule has 0 saturated heterocycles. The van der Waals surface area contributed by atoms with Gasteiger partial charge in [-0.05, 0) is 12.1 Å². The number of benzene rings is 1. The summed E-state index contributed by atoms with van der Waals surface area (Å²) in [5.74, 6) is 0.0868. The van der Waals surface area contributed by atoms with Gasteiger partial charge in [0.2, 0.25) is 0 Å². The molecule has 82 valence electrons. The molecule has 0 aromatic heterocycles. The first-order chi connectivity index (χ1) is 7.08. The fraction of sp³-hybridized carbons (Fsp3) is 0.455. The van der Waals surface area contributed by atoms with Crippen LogP contribution in [-0.2, 0) is 0 Å². The molecule has 0 spiro atoms. The Hall–Kier alpha value is -0.610. The van der Waals surface area contributed by atoms with E-state index in [2.05, 4.69) is 35.1 Å². The minimum absolute atomic E-state index is 0.0898. The third-order valence-electron chi connectivity index (χ3n) is 2.34. The summed E-state index contributed by atoms with van der Waals surface area (Å²) >= 11 is 3.29. The van der Waals surface area contributed by atoms with Gasteiger partial charge in [0.15, 0.2) is 11.6 Å². The minimum Gasteiger partial charge on any atom is -0.488 e. The number of ether oxygens (including phenoxy) is 1. The van der Waals surface area contributed by atoms with E-state index in [1.165, 1.54) is 6.07 Å². The summed E-state index contributed by atoms with van der Waals surface area (Å²) in [7, 11) is 0. The van der Waals surface area contributed by atoms with Crippen LogP contribution in [0.2, 0.25) is 0 Å². The summed E-state index contributed by atoms with van der Waals surface area (Å²) in [6.07, 6.45) is 0. The Labute approximate surface area is 96.9 Å². The molecule has 2 nitrogen and oxygen atoms in total. The van der Waals surface area contributed by atoms with Crippen molar-refractivity contribution < 1.29 is 9.13 Å². The van der Waals surface area contributed by atoms with Gasteiger partial charge in [-0.25, -0.2) is 4.39 Å². The molecular weight excluding hydrogens is 261 g/mol. The van der Waals surface area contributed by atoms with Crippen LogP contribution in [0.5, 0.6) is 5.75 Å². The topological polar surface area (TPSA) is 21.3 Å². The summed E-state index contributed by atoms with van der Waals surface area (Å²) in [4.78, 5) is 0. The van der Waals surface area contributed by atoms with Crippen LogP contribution in [0.25, 0.3) is 0 Å². The zero-order valence-electron chi connectivity index (χ0n) is 8.68. The quantitative estimate of drug-likeness (QED) is 0.895. The van der Waals surface area contributed by atoms with Gasteiger partial charge in [-0.2, -0.15) is 0 Å². The van der Waals surface area contributed by atoms with Crippen LogP contribution in [0.3, 0.4) is 0 Å². The predicted molar refractivity (Wildman–Crippen MR) is 60.6 cm³/mol. The lowest BCUT2D eigenvalue weighted by molar-refractivity contribution is 0.293. The average molecular weight is 274 g/mol. The van der Waals surface area contributed by atoms with E-state index >= 15 is 0 Å². The lowest BCUT2D eigenvalue weighted by Crippen LogP contribution is -2.28. The van der Waals surface area contributed by atoms with E-state index in [0.717, 1.165) is 10.0 Å². The third-order valence-corrected chi connectivity index (χ3v) is 2.80. The van der Waals surface area contributed by atoms with Crippen molar-refractivity contribution in [2.24, 2.45) is 0 Å². The second-order valence-electron chi connectivity index (χ2n) is 3.99. The molecule has 0 radical (unpaired) electrons. The van der Waals surface area contributed by atoms with E-state index in [1.807, 2.05) is 6.07 Å². The first-order valence-electron chi connectivity index (χ1n) is 4.95. The smallest absolute Gasteiger partial charge is 0.166 e. The standard InChI is InChI=1S/C11H13BrFNO/c1-6(2)14-10-5-15-11-8(10)3-7(12)4-9(11)13/h3-4,6,10,14H,5H2,1-2H3. The molecule has 0 bridgehead atoms. The zero-order chi connectivity index (χ0) is 11.0. The highest BCUT2D eigenvalue weighted by molar-refractivity contribution is 9.10. The molecule has 1 aromatic carbocycles. The lowest BCUT2D eigenvalue weighted by Gasteiger charge is -2.14. The van der Waals surface area contributed by atoms with Gasteiger partial charge < -0.3 is 10.1 Å². The number of hydrogen-bond donors (Lipinski definition) is 1. The first kappa shape index (κ1) is 10.9. The Kier molecular flexibility index (Phi) is 2.98. The highest BCUT2D eigenvalue weighted by Crippen LogP contribution is 2.37. The largest absolute Gasteiger partial charge is 0.488 e. The molecule has 0 fully saturated rings. The number of rotatable bonds is 2. The summed E-state index contributed by atoms with van der Waals surface area (Å²) < 4.78 is 19.6. The summed E-state index contributed by atoms with van der Waals surface area (Å²) in [5, 5.41) is 3.34. The Bertz CT molecular complexity index is 381. The molecule has 1 heterocycles. The molecule has 1 aliphatic rings. The van der Waals surface area contributed by atoms with Gasteiger partial charge in [0.1, 0.15) is 6.61 Å². The van der Waals surface area contributed by atoms with Gasteiger partial charge in [-0.15, -0.1) is 0 Å². The molecule has 15 heavy (non-hydrogen) atoms. The van der Waals surface area contributed by atoms with Crippen LogP contribution in [0, 0.1) is 5.82 Å². The fourth-order valence-electron chi connectivity index (χ4n) is 1.79. The lowest BCUT2D eigenvalue weighted by atomic mass is 10.1. The van der Waals surface area contributed by atoms with Gasteiger partial charge >= 0.3 is 0 Å². The maximum Gasteiger partial charge on any atom is 0.166 e. The number of hydrogen-bond acceptors (Lipinski definition) is 2. The van der Waals surface area contributed by atoms with Gasteiger partial charge in [0.05, 0.1) is 6.04 Å². The first-order valence-corrected chi connectivity index (χ1v) is 5.75. The third kappa shape index (κ3) is 2.16. The molecule has 2 rings (SSSR count). The maximum atomic E-state index is 13.5. The van der Waals surface area contributed by atoms with E-state index in [-0.39, 0.29) is 11.9 Å². The molecule has 4 heteroatoms. The minimum atomic E-state index is -0.299. The van der Waals surface area contributed by atoms with Crippen molar-refractivity contribution in [2.75, 3.05) is 6.61 Å². The van der Waals surface area contributed by atoms with Crippen LogP contribution in [0.1, 0.15) is 25.5 Å². The van der Waals surface area contributed by atoms with Gasteiger partial charge in [0, 0.05) is 16.1 Å². The van der Waals surface area contributed by atoms with E-state index in [9.17, 15) is 4.39 Å². The van der Waals surface area contributed by atoms with E-state index in [1.54, 1.807) is 0 Å². The molecule has 0 saturated carbocycles. The van der Waals surface area contributed by atoms with Crippen molar-refractivity contribution in [1.82, 2.24) is 5.32 Å². The molecule has 1 atom stereocenters. The van der Waals surface area contributed by atoms with Crippen molar-refractivity contribution in [2.45, 2.75) is 25.9 Å². The number of fused-ring (bicyclic) bond motifs is 1. The Morgan fingerprint density at radius 1 is 1.53 bits per heavy atom. The van der Waals surface area contributed by atoms with Crippen molar-refractivity contribution >= 4 is 15.9 Å².